The third-order valence-electron chi connectivity index (χ3n) is 4.37. The van der Waals surface area contributed by atoms with E-state index in [4.69, 9.17) is 0 Å². The summed E-state index contributed by atoms with van der Waals surface area (Å²) >= 11 is 0. The Labute approximate surface area is 130 Å². The highest BCUT2D eigenvalue weighted by molar-refractivity contribution is 4.72. The molecule has 0 spiro atoms. The van der Waals surface area contributed by atoms with Gasteiger partial charge in [0.25, 0.3) is 0 Å². The fraction of sp³-hybridized carbons (Fsp3) is 1.00. The highest BCUT2D eigenvalue weighted by Gasteiger charge is 2.19. The van der Waals surface area contributed by atoms with E-state index in [0.717, 1.165) is 5.92 Å². The molecule has 1 rings (SSSR count). The van der Waals surface area contributed by atoms with Gasteiger partial charge in [0.2, 0.25) is 0 Å². The van der Waals surface area contributed by atoms with Crippen LogP contribution in [0.3, 0.4) is 0 Å². The zero-order valence-electron chi connectivity index (χ0n) is 14.9. The molecule has 1 fully saturated rings. The van der Waals surface area contributed by atoms with Crippen molar-refractivity contribution >= 4 is 0 Å². The molecule has 0 atom stereocenters. The summed E-state index contributed by atoms with van der Waals surface area (Å²) in [7, 11) is 0. The summed E-state index contributed by atoms with van der Waals surface area (Å²) in [6.45, 7) is 6.82. The highest BCUT2D eigenvalue weighted by Crippen LogP contribution is 2.34. The lowest BCUT2D eigenvalue weighted by atomic mass is 10.1. The predicted octanol–water partition coefficient (Wildman–Crippen LogP) is 7.90. The number of hydrogen-bond donors (Lipinski definition) is 0. The monoisotopic (exact) mass is 282 g/mol. The summed E-state index contributed by atoms with van der Waals surface area (Å²) < 4.78 is 0. The van der Waals surface area contributed by atoms with Crippen LogP contribution in [0, 0.1) is 5.92 Å². The minimum atomic E-state index is 1.15. The van der Waals surface area contributed by atoms with Crippen LogP contribution in [0.2, 0.25) is 0 Å². The first kappa shape index (κ1) is 20.0. The minimum absolute atomic E-state index is 1.15. The standard InChI is InChI=1S/C10H20.C10H22/c1-2-3-4-5-6-7-10-8-9-10;1-3-5-7-9-10-8-6-4-2/h10H,2-9H2,1H3;3-10H2,1-2H3. The lowest BCUT2D eigenvalue weighted by Crippen LogP contribution is -1.79. The average molecular weight is 283 g/mol. The zero-order chi connectivity index (χ0) is 14.9. The van der Waals surface area contributed by atoms with Gasteiger partial charge in [-0.05, 0) is 5.92 Å². The fourth-order valence-corrected chi connectivity index (χ4v) is 2.65. The van der Waals surface area contributed by atoms with Crippen LogP contribution in [0.5, 0.6) is 0 Å². The quantitative estimate of drug-likeness (QED) is 0.301. The second-order valence-electron chi connectivity index (χ2n) is 6.77. The highest BCUT2D eigenvalue weighted by atomic mass is 14.2. The van der Waals surface area contributed by atoms with Crippen LogP contribution in [0.1, 0.15) is 124 Å². The molecule has 0 heterocycles. The average Bonchev–Trinajstić information content (AvgIpc) is 3.28. The maximum absolute atomic E-state index is 2.28. The van der Waals surface area contributed by atoms with Gasteiger partial charge >= 0.3 is 0 Å². The third-order valence-corrected chi connectivity index (χ3v) is 4.37. The number of rotatable bonds is 13. The number of hydrogen-bond acceptors (Lipinski definition) is 0. The zero-order valence-corrected chi connectivity index (χ0v) is 14.9. The Morgan fingerprint density at radius 3 is 1.20 bits per heavy atom. The van der Waals surface area contributed by atoms with Gasteiger partial charge < -0.3 is 0 Å². The van der Waals surface area contributed by atoms with E-state index >= 15 is 0 Å². The smallest absolute Gasteiger partial charge is 0.0414 e. The van der Waals surface area contributed by atoms with Crippen molar-refractivity contribution in [2.24, 2.45) is 5.92 Å². The Kier molecular flexibility index (Phi) is 17.1. The summed E-state index contributed by atoms with van der Waals surface area (Å²) in [5, 5.41) is 0. The van der Waals surface area contributed by atoms with E-state index in [1.54, 1.807) is 0 Å². The van der Waals surface area contributed by atoms with E-state index in [9.17, 15) is 0 Å². The van der Waals surface area contributed by atoms with Crippen LogP contribution in [0.25, 0.3) is 0 Å². The third kappa shape index (κ3) is 18.0. The van der Waals surface area contributed by atoms with Gasteiger partial charge in [-0.3, -0.25) is 0 Å². The van der Waals surface area contributed by atoms with Crippen LogP contribution in [-0.4, -0.2) is 0 Å². The Bertz CT molecular complexity index is 149. The predicted molar refractivity (Wildman–Crippen MR) is 94.4 cm³/mol. The van der Waals surface area contributed by atoms with Gasteiger partial charge in [-0.15, -0.1) is 0 Å². The second kappa shape index (κ2) is 17.1. The maximum atomic E-state index is 2.28. The molecule has 0 unspecified atom stereocenters. The Morgan fingerprint density at radius 2 is 0.850 bits per heavy atom. The van der Waals surface area contributed by atoms with Crippen LogP contribution >= 0.6 is 0 Å². The van der Waals surface area contributed by atoms with E-state index in [-0.39, 0.29) is 0 Å². The molecule has 0 aromatic rings. The summed E-state index contributed by atoms with van der Waals surface area (Å²) in [6, 6.07) is 0. The van der Waals surface area contributed by atoms with E-state index in [1.807, 2.05) is 0 Å². The summed E-state index contributed by atoms with van der Waals surface area (Å²) in [4.78, 5) is 0. The van der Waals surface area contributed by atoms with Gasteiger partial charge in [-0.1, -0.05) is 124 Å². The molecule has 0 aromatic carbocycles. The molecular formula is C20H42. The van der Waals surface area contributed by atoms with Crippen molar-refractivity contribution in [3.8, 4) is 0 Å². The van der Waals surface area contributed by atoms with Gasteiger partial charge in [-0.2, -0.15) is 0 Å². The molecule has 1 aliphatic carbocycles. The normalized spacial score (nSPS) is 13.9. The van der Waals surface area contributed by atoms with Gasteiger partial charge in [0.05, 0.1) is 0 Å². The van der Waals surface area contributed by atoms with E-state index in [0.29, 0.717) is 0 Å². The lowest BCUT2D eigenvalue weighted by Gasteiger charge is -1.97. The lowest BCUT2D eigenvalue weighted by molar-refractivity contribution is 0.580. The Balaban J connectivity index is 0.000000361. The van der Waals surface area contributed by atoms with Crippen molar-refractivity contribution in [2.45, 2.75) is 124 Å². The molecule has 0 bridgehead atoms. The molecule has 0 aromatic heterocycles. The van der Waals surface area contributed by atoms with Crippen molar-refractivity contribution in [3.63, 3.8) is 0 Å². The second-order valence-corrected chi connectivity index (χ2v) is 6.77. The van der Waals surface area contributed by atoms with Gasteiger partial charge in [0, 0.05) is 0 Å². The number of unbranched alkanes of at least 4 members (excludes halogenated alkanes) is 11. The van der Waals surface area contributed by atoms with Crippen LogP contribution in [-0.2, 0) is 0 Å². The summed E-state index contributed by atoms with van der Waals surface area (Å²) in [5.74, 6) is 1.15. The van der Waals surface area contributed by atoms with Gasteiger partial charge in [0.15, 0.2) is 0 Å². The molecule has 0 aliphatic heterocycles. The molecule has 1 aliphatic rings. The molecule has 0 saturated heterocycles. The van der Waals surface area contributed by atoms with Crippen LogP contribution in [0.15, 0.2) is 0 Å². The summed E-state index contributed by atoms with van der Waals surface area (Å²) in [5.41, 5.74) is 0. The van der Waals surface area contributed by atoms with E-state index in [2.05, 4.69) is 20.8 Å². The van der Waals surface area contributed by atoms with Crippen molar-refractivity contribution in [3.05, 3.63) is 0 Å². The van der Waals surface area contributed by atoms with Crippen molar-refractivity contribution in [1.82, 2.24) is 0 Å². The fourth-order valence-electron chi connectivity index (χ4n) is 2.65. The molecule has 1 saturated carbocycles. The van der Waals surface area contributed by atoms with Crippen LogP contribution in [0.4, 0.5) is 0 Å². The first-order valence-corrected chi connectivity index (χ1v) is 9.85. The van der Waals surface area contributed by atoms with Gasteiger partial charge in [-0.25, -0.2) is 0 Å². The molecular weight excluding hydrogens is 240 g/mol. The largest absolute Gasteiger partial charge is 0.0654 e. The SMILES string of the molecule is CCCCCCCC1CC1.CCCCCCCCCC. The first-order chi connectivity index (χ1) is 9.85. The molecule has 0 nitrogen and oxygen atoms in total. The van der Waals surface area contributed by atoms with E-state index in [1.165, 1.54) is 103 Å². The van der Waals surface area contributed by atoms with Crippen molar-refractivity contribution < 1.29 is 0 Å². The van der Waals surface area contributed by atoms with Crippen molar-refractivity contribution in [2.75, 3.05) is 0 Å². The Morgan fingerprint density at radius 1 is 0.500 bits per heavy atom. The van der Waals surface area contributed by atoms with E-state index < -0.39 is 0 Å². The van der Waals surface area contributed by atoms with Crippen molar-refractivity contribution in [1.29, 1.82) is 0 Å². The molecule has 0 N–H and O–H groups in total. The molecule has 122 valence electrons. The van der Waals surface area contributed by atoms with Crippen LogP contribution < -0.4 is 0 Å². The topological polar surface area (TPSA) is 0 Å². The van der Waals surface area contributed by atoms with Gasteiger partial charge in [0.1, 0.15) is 0 Å². The summed E-state index contributed by atoms with van der Waals surface area (Å²) in [6.07, 6.45) is 23.4. The molecule has 0 radical (unpaired) electrons. The Hall–Kier alpha value is 0. The molecule has 20 heavy (non-hydrogen) atoms. The minimum Gasteiger partial charge on any atom is -0.0654 e. The maximum Gasteiger partial charge on any atom is -0.0414 e. The first-order valence-electron chi connectivity index (χ1n) is 9.85. The molecule has 0 heteroatoms. The molecule has 0 amide bonds.